The van der Waals surface area contributed by atoms with Crippen molar-refractivity contribution in [3.63, 3.8) is 0 Å². The molecule has 84 valence electrons. The van der Waals surface area contributed by atoms with Gasteiger partial charge >= 0.3 is 5.97 Å². The molecule has 0 saturated heterocycles. The molecule has 0 aliphatic heterocycles. The quantitative estimate of drug-likeness (QED) is 0.716. The third-order valence-electron chi connectivity index (χ3n) is 2.06. The Labute approximate surface area is 95.7 Å². The first-order valence-corrected chi connectivity index (χ1v) is 5.11. The van der Waals surface area contributed by atoms with Crippen molar-refractivity contribution in [1.29, 1.82) is 5.26 Å². The van der Waals surface area contributed by atoms with Gasteiger partial charge in [-0.2, -0.15) is 5.26 Å². The van der Waals surface area contributed by atoms with E-state index in [1.807, 2.05) is 24.3 Å². The molecular formula is C13H15NO2. The average molecular weight is 217 g/mol. The zero-order chi connectivity index (χ0) is 12.2. The minimum absolute atomic E-state index is 0.372. The van der Waals surface area contributed by atoms with Crippen molar-refractivity contribution in [3.8, 4) is 6.07 Å². The van der Waals surface area contributed by atoms with Crippen LogP contribution in [0.15, 0.2) is 30.3 Å². The molecule has 1 aromatic rings. The Kier molecular flexibility index (Phi) is 3.68. The van der Waals surface area contributed by atoms with Crippen molar-refractivity contribution in [2.24, 2.45) is 5.41 Å². The second kappa shape index (κ2) is 4.80. The fraction of sp³-hybridized carbons (Fsp3) is 0.385. The van der Waals surface area contributed by atoms with E-state index in [4.69, 9.17) is 10.00 Å². The van der Waals surface area contributed by atoms with Gasteiger partial charge in [-0.15, -0.1) is 0 Å². The lowest BCUT2D eigenvalue weighted by Crippen LogP contribution is -2.24. The van der Waals surface area contributed by atoms with Crippen molar-refractivity contribution < 1.29 is 9.53 Å². The van der Waals surface area contributed by atoms with E-state index < -0.39 is 11.5 Å². The summed E-state index contributed by atoms with van der Waals surface area (Å²) in [6.07, 6.45) is -0.826. The molecule has 0 fully saturated rings. The number of benzene rings is 1. The molecule has 16 heavy (non-hydrogen) atoms. The lowest BCUT2D eigenvalue weighted by molar-refractivity contribution is -0.156. The molecule has 3 nitrogen and oxygen atoms in total. The molecule has 0 N–H and O–H groups in total. The van der Waals surface area contributed by atoms with Crippen LogP contribution in [0, 0.1) is 16.7 Å². The van der Waals surface area contributed by atoms with Crippen LogP contribution in [0.4, 0.5) is 0 Å². The van der Waals surface area contributed by atoms with E-state index in [1.165, 1.54) is 0 Å². The van der Waals surface area contributed by atoms with Gasteiger partial charge < -0.3 is 4.74 Å². The number of ether oxygens (including phenoxy) is 1. The van der Waals surface area contributed by atoms with E-state index in [0.717, 1.165) is 0 Å². The van der Waals surface area contributed by atoms with Crippen LogP contribution in [-0.2, 0) is 9.53 Å². The summed E-state index contributed by atoms with van der Waals surface area (Å²) in [4.78, 5) is 11.6. The van der Waals surface area contributed by atoms with Crippen molar-refractivity contribution in [2.75, 3.05) is 0 Å². The Morgan fingerprint density at radius 3 is 2.31 bits per heavy atom. The van der Waals surface area contributed by atoms with E-state index in [-0.39, 0.29) is 5.97 Å². The van der Waals surface area contributed by atoms with Crippen molar-refractivity contribution in [1.82, 2.24) is 0 Å². The molecule has 1 rings (SSSR count). The summed E-state index contributed by atoms with van der Waals surface area (Å²) in [5.74, 6) is -0.372. The van der Waals surface area contributed by atoms with Gasteiger partial charge in [-0.05, 0) is 20.8 Å². The van der Waals surface area contributed by atoms with Crippen LogP contribution in [0.3, 0.4) is 0 Å². The number of carbonyl (C=O) groups is 1. The highest BCUT2D eigenvalue weighted by molar-refractivity contribution is 5.75. The van der Waals surface area contributed by atoms with Gasteiger partial charge in [0.1, 0.15) is 6.07 Å². The van der Waals surface area contributed by atoms with E-state index in [1.54, 1.807) is 32.9 Å². The maximum absolute atomic E-state index is 11.6. The predicted molar refractivity (Wildman–Crippen MR) is 60.3 cm³/mol. The Morgan fingerprint density at radius 2 is 1.88 bits per heavy atom. The van der Waals surface area contributed by atoms with Gasteiger partial charge in [0.15, 0.2) is 0 Å². The molecule has 0 aromatic heterocycles. The first-order chi connectivity index (χ1) is 7.45. The SMILES string of the molecule is CC(C)(C)C(=O)O[C@H](C#N)c1ccccc1. The molecular weight excluding hydrogens is 202 g/mol. The molecule has 0 unspecified atom stereocenters. The van der Waals surface area contributed by atoms with Crippen LogP contribution in [0.5, 0.6) is 0 Å². The molecule has 0 heterocycles. The van der Waals surface area contributed by atoms with Gasteiger partial charge in [0, 0.05) is 5.56 Å². The minimum atomic E-state index is -0.826. The lowest BCUT2D eigenvalue weighted by atomic mass is 9.97. The van der Waals surface area contributed by atoms with Crippen LogP contribution in [0.1, 0.15) is 32.4 Å². The lowest BCUT2D eigenvalue weighted by Gasteiger charge is -2.19. The topological polar surface area (TPSA) is 50.1 Å². The highest BCUT2D eigenvalue weighted by Gasteiger charge is 2.26. The first kappa shape index (κ1) is 12.3. The maximum Gasteiger partial charge on any atom is 0.312 e. The first-order valence-electron chi connectivity index (χ1n) is 5.11. The smallest absolute Gasteiger partial charge is 0.312 e. The zero-order valence-corrected chi connectivity index (χ0v) is 9.73. The van der Waals surface area contributed by atoms with Crippen molar-refractivity contribution >= 4 is 5.97 Å². The van der Waals surface area contributed by atoms with Crippen molar-refractivity contribution in [3.05, 3.63) is 35.9 Å². The van der Waals surface area contributed by atoms with Crippen molar-refractivity contribution in [2.45, 2.75) is 26.9 Å². The molecule has 0 radical (unpaired) electrons. The predicted octanol–water partition coefficient (Wildman–Crippen LogP) is 2.84. The van der Waals surface area contributed by atoms with Gasteiger partial charge in [-0.1, -0.05) is 30.3 Å². The number of carbonyl (C=O) groups excluding carboxylic acids is 1. The summed E-state index contributed by atoms with van der Waals surface area (Å²) in [7, 11) is 0. The highest BCUT2D eigenvalue weighted by Crippen LogP contribution is 2.22. The Hall–Kier alpha value is -1.82. The van der Waals surface area contributed by atoms with Gasteiger partial charge in [0.2, 0.25) is 6.10 Å². The fourth-order valence-corrected chi connectivity index (χ4v) is 1.08. The molecule has 0 aliphatic carbocycles. The van der Waals surface area contributed by atoms with Gasteiger partial charge in [-0.25, -0.2) is 0 Å². The average Bonchev–Trinajstić information content (AvgIpc) is 2.25. The molecule has 0 spiro atoms. The third-order valence-corrected chi connectivity index (χ3v) is 2.06. The highest BCUT2D eigenvalue weighted by atomic mass is 16.5. The monoisotopic (exact) mass is 217 g/mol. The summed E-state index contributed by atoms with van der Waals surface area (Å²) >= 11 is 0. The Morgan fingerprint density at radius 1 is 1.31 bits per heavy atom. The molecule has 0 saturated carbocycles. The summed E-state index contributed by atoms with van der Waals surface area (Å²) in [5.41, 5.74) is 0.103. The fourth-order valence-electron chi connectivity index (χ4n) is 1.08. The van der Waals surface area contributed by atoms with Gasteiger partial charge in [-0.3, -0.25) is 4.79 Å². The van der Waals surface area contributed by atoms with E-state index in [9.17, 15) is 4.79 Å². The zero-order valence-electron chi connectivity index (χ0n) is 9.73. The molecule has 0 amide bonds. The number of nitriles is 1. The molecule has 0 aliphatic rings. The number of nitrogens with zero attached hydrogens (tertiary/aromatic N) is 1. The molecule has 0 bridgehead atoms. The second-order valence-corrected chi connectivity index (χ2v) is 4.58. The number of rotatable bonds is 2. The standard InChI is InChI=1S/C13H15NO2/c1-13(2,3)12(15)16-11(9-14)10-7-5-4-6-8-10/h4-8,11H,1-3H3/t11-/m1/s1. The van der Waals surface area contributed by atoms with E-state index in [2.05, 4.69) is 0 Å². The third kappa shape index (κ3) is 3.09. The van der Waals surface area contributed by atoms with Crippen LogP contribution < -0.4 is 0 Å². The summed E-state index contributed by atoms with van der Waals surface area (Å²) in [6.45, 7) is 5.28. The molecule has 1 aromatic carbocycles. The van der Waals surface area contributed by atoms with Crippen LogP contribution >= 0.6 is 0 Å². The maximum atomic E-state index is 11.6. The Bertz CT molecular complexity index is 398. The van der Waals surface area contributed by atoms with Crippen LogP contribution in [0.2, 0.25) is 0 Å². The van der Waals surface area contributed by atoms with Crippen LogP contribution in [0.25, 0.3) is 0 Å². The largest absolute Gasteiger partial charge is 0.442 e. The normalized spacial score (nSPS) is 12.6. The Balaban J connectivity index is 2.80. The van der Waals surface area contributed by atoms with E-state index in [0.29, 0.717) is 5.56 Å². The van der Waals surface area contributed by atoms with Gasteiger partial charge in [0.05, 0.1) is 5.41 Å². The molecule has 3 heteroatoms. The summed E-state index contributed by atoms with van der Waals surface area (Å²) in [5, 5.41) is 8.97. The molecule has 1 atom stereocenters. The van der Waals surface area contributed by atoms with Gasteiger partial charge in [0.25, 0.3) is 0 Å². The van der Waals surface area contributed by atoms with Crippen LogP contribution in [-0.4, -0.2) is 5.97 Å². The summed E-state index contributed by atoms with van der Waals surface area (Å²) < 4.78 is 5.15. The second-order valence-electron chi connectivity index (χ2n) is 4.58. The number of hydrogen-bond donors (Lipinski definition) is 0. The van der Waals surface area contributed by atoms with E-state index >= 15 is 0 Å². The minimum Gasteiger partial charge on any atom is -0.442 e. The number of hydrogen-bond acceptors (Lipinski definition) is 3. The number of esters is 1. The summed E-state index contributed by atoms with van der Waals surface area (Å²) in [6, 6.07) is 11.0.